The lowest BCUT2D eigenvalue weighted by molar-refractivity contribution is 0.268. The van der Waals surface area contributed by atoms with Crippen LogP contribution in [-0.4, -0.2) is 16.7 Å². The van der Waals surface area contributed by atoms with Crippen molar-refractivity contribution < 1.29 is 5.11 Å². The molecule has 0 aliphatic rings. The summed E-state index contributed by atoms with van der Waals surface area (Å²) in [5, 5.41) is 8.74. The third-order valence-corrected chi connectivity index (χ3v) is 1.51. The lowest BCUT2D eigenvalue weighted by Crippen LogP contribution is -2.15. The fourth-order valence-electron chi connectivity index (χ4n) is 0.916. The summed E-state index contributed by atoms with van der Waals surface area (Å²) in [5.74, 6) is 0.628. The van der Waals surface area contributed by atoms with Crippen molar-refractivity contribution in [3.63, 3.8) is 0 Å². The second-order valence-electron chi connectivity index (χ2n) is 2.54. The normalized spacial score (nSPS) is 12.8. The van der Waals surface area contributed by atoms with Gasteiger partial charge in [0, 0.05) is 0 Å². The van der Waals surface area contributed by atoms with Gasteiger partial charge in [-0.3, -0.25) is 0 Å². The summed E-state index contributed by atoms with van der Waals surface area (Å²) >= 11 is 0. The molecule has 0 radical (unpaired) electrons. The molecular formula is C7H12N4O. The van der Waals surface area contributed by atoms with Gasteiger partial charge in [-0.25, -0.2) is 4.98 Å². The number of nitrogens with zero attached hydrogens (tertiary/aromatic N) is 1. The van der Waals surface area contributed by atoms with E-state index >= 15 is 0 Å². The zero-order chi connectivity index (χ0) is 9.14. The molecule has 1 atom stereocenters. The third kappa shape index (κ3) is 1.84. The Morgan fingerprint density at radius 3 is 2.25 bits per heavy atom. The van der Waals surface area contributed by atoms with Crippen LogP contribution < -0.4 is 17.2 Å². The molecule has 0 aromatic carbocycles. The molecule has 1 rings (SSSR count). The molecule has 5 heteroatoms. The zero-order valence-electron chi connectivity index (χ0n) is 6.57. The Morgan fingerprint density at radius 2 is 1.83 bits per heavy atom. The van der Waals surface area contributed by atoms with E-state index in [0.717, 1.165) is 0 Å². The Balaban J connectivity index is 3.00. The number of aromatic nitrogens is 1. The topological polar surface area (TPSA) is 111 Å². The molecular weight excluding hydrogens is 156 g/mol. The summed E-state index contributed by atoms with van der Waals surface area (Å²) < 4.78 is 0. The van der Waals surface area contributed by atoms with Gasteiger partial charge in [-0.1, -0.05) is 0 Å². The summed E-state index contributed by atoms with van der Waals surface area (Å²) in [6.45, 7) is -0.136. The van der Waals surface area contributed by atoms with E-state index in [4.69, 9.17) is 22.3 Å². The average Bonchev–Trinajstić information content (AvgIpc) is 2.01. The molecule has 0 amide bonds. The van der Waals surface area contributed by atoms with Crippen molar-refractivity contribution in [2.24, 2.45) is 5.73 Å². The first-order valence-corrected chi connectivity index (χ1v) is 3.53. The van der Waals surface area contributed by atoms with Gasteiger partial charge < -0.3 is 22.3 Å². The minimum atomic E-state index is -0.447. The molecule has 1 aromatic rings. The van der Waals surface area contributed by atoms with Crippen LogP contribution in [0.5, 0.6) is 0 Å². The van der Waals surface area contributed by atoms with Gasteiger partial charge in [0.15, 0.2) is 0 Å². The van der Waals surface area contributed by atoms with E-state index in [0.29, 0.717) is 17.2 Å². The number of aliphatic hydroxyl groups is 1. The third-order valence-electron chi connectivity index (χ3n) is 1.51. The highest BCUT2D eigenvalue weighted by molar-refractivity contribution is 5.44. The van der Waals surface area contributed by atoms with Crippen molar-refractivity contribution in [2.45, 2.75) is 6.04 Å². The summed E-state index contributed by atoms with van der Waals surface area (Å²) in [6, 6.07) is 2.74. The molecule has 0 fully saturated rings. The molecule has 0 aliphatic carbocycles. The van der Waals surface area contributed by atoms with E-state index in [1.54, 1.807) is 12.1 Å². The number of pyridine rings is 1. The maximum Gasteiger partial charge on any atom is 0.126 e. The number of aliphatic hydroxyl groups excluding tert-OH is 1. The van der Waals surface area contributed by atoms with Crippen molar-refractivity contribution in [3.8, 4) is 0 Å². The highest BCUT2D eigenvalue weighted by atomic mass is 16.3. The van der Waals surface area contributed by atoms with Gasteiger partial charge in [0.25, 0.3) is 0 Å². The zero-order valence-corrected chi connectivity index (χ0v) is 6.57. The van der Waals surface area contributed by atoms with Crippen LogP contribution in [0.4, 0.5) is 11.6 Å². The standard InChI is InChI=1S/C7H12N4O/c8-5(3-12)4-1-6(9)11-7(10)2-4/h1-2,5,12H,3,8H2,(H4,9,10,11)/t5-/m1/s1. The molecule has 0 bridgehead atoms. The number of nitrogens with two attached hydrogens (primary N) is 3. The quantitative estimate of drug-likeness (QED) is 0.463. The molecule has 7 N–H and O–H groups in total. The highest BCUT2D eigenvalue weighted by Gasteiger charge is 2.05. The van der Waals surface area contributed by atoms with Crippen LogP contribution in [0.1, 0.15) is 11.6 Å². The number of hydrogen-bond donors (Lipinski definition) is 4. The molecule has 0 unspecified atom stereocenters. The Bertz CT molecular complexity index is 256. The van der Waals surface area contributed by atoms with E-state index < -0.39 is 6.04 Å². The highest BCUT2D eigenvalue weighted by Crippen LogP contribution is 2.14. The van der Waals surface area contributed by atoms with Crippen LogP contribution in [0.15, 0.2) is 12.1 Å². The van der Waals surface area contributed by atoms with Crippen molar-refractivity contribution >= 4 is 11.6 Å². The second kappa shape index (κ2) is 3.38. The van der Waals surface area contributed by atoms with E-state index in [-0.39, 0.29) is 6.61 Å². The van der Waals surface area contributed by atoms with Gasteiger partial charge in [0.05, 0.1) is 12.6 Å². The molecule has 1 aromatic heterocycles. The Hall–Kier alpha value is -1.33. The van der Waals surface area contributed by atoms with Crippen molar-refractivity contribution in [1.29, 1.82) is 0 Å². The predicted octanol–water partition coefficient (Wildman–Crippen LogP) is -0.762. The summed E-state index contributed by atoms with van der Waals surface area (Å²) in [6.07, 6.45) is 0. The van der Waals surface area contributed by atoms with Gasteiger partial charge in [0.1, 0.15) is 11.6 Å². The number of rotatable bonds is 2. The van der Waals surface area contributed by atoms with Gasteiger partial charge in [0.2, 0.25) is 0 Å². The Labute approximate surface area is 70.2 Å². The van der Waals surface area contributed by atoms with E-state index in [9.17, 15) is 0 Å². The van der Waals surface area contributed by atoms with Crippen molar-refractivity contribution in [2.75, 3.05) is 18.1 Å². The van der Waals surface area contributed by atoms with Gasteiger partial charge in [-0.2, -0.15) is 0 Å². The smallest absolute Gasteiger partial charge is 0.126 e. The lowest BCUT2D eigenvalue weighted by Gasteiger charge is -2.09. The first-order valence-electron chi connectivity index (χ1n) is 3.53. The fourth-order valence-corrected chi connectivity index (χ4v) is 0.916. The minimum Gasteiger partial charge on any atom is -0.394 e. The number of nitrogen functional groups attached to an aromatic ring is 2. The second-order valence-corrected chi connectivity index (χ2v) is 2.54. The first kappa shape index (κ1) is 8.76. The number of anilines is 2. The molecule has 1 heterocycles. The Kier molecular flexibility index (Phi) is 2.47. The monoisotopic (exact) mass is 168 g/mol. The molecule has 0 aliphatic heterocycles. The van der Waals surface area contributed by atoms with Crippen molar-refractivity contribution in [1.82, 2.24) is 4.98 Å². The maximum atomic E-state index is 8.74. The van der Waals surface area contributed by atoms with Gasteiger partial charge in [-0.05, 0) is 17.7 Å². The van der Waals surface area contributed by atoms with E-state index in [1.165, 1.54) is 0 Å². The molecule has 0 saturated heterocycles. The van der Waals surface area contributed by atoms with Crippen LogP contribution in [-0.2, 0) is 0 Å². The van der Waals surface area contributed by atoms with Gasteiger partial charge in [-0.15, -0.1) is 0 Å². The Morgan fingerprint density at radius 1 is 1.33 bits per heavy atom. The van der Waals surface area contributed by atoms with Gasteiger partial charge >= 0.3 is 0 Å². The molecule has 0 spiro atoms. The molecule has 0 saturated carbocycles. The predicted molar refractivity (Wildman–Crippen MR) is 47.1 cm³/mol. The molecule has 66 valence electrons. The first-order chi connectivity index (χ1) is 5.63. The lowest BCUT2D eigenvalue weighted by atomic mass is 10.1. The number of hydrogen-bond acceptors (Lipinski definition) is 5. The maximum absolute atomic E-state index is 8.74. The van der Waals surface area contributed by atoms with Crippen LogP contribution >= 0.6 is 0 Å². The summed E-state index contributed by atoms with van der Waals surface area (Å²) in [5.41, 5.74) is 17.1. The molecule has 5 nitrogen and oxygen atoms in total. The van der Waals surface area contributed by atoms with E-state index in [2.05, 4.69) is 4.98 Å². The minimum absolute atomic E-state index is 0.136. The van der Waals surface area contributed by atoms with E-state index in [1.807, 2.05) is 0 Å². The summed E-state index contributed by atoms with van der Waals surface area (Å²) in [7, 11) is 0. The van der Waals surface area contributed by atoms with Crippen LogP contribution in [0.3, 0.4) is 0 Å². The molecule has 12 heavy (non-hydrogen) atoms. The van der Waals surface area contributed by atoms with Crippen molar-refractivity contribution in [3.05, 3.63) is 17.7 Å². The summed E-state index contributed by atoms with van der Waals surface area (Å²) in [4.78, 5) is 3.77. The van der Waals surface area contributed by atoms with Crippen LogP contribution in [0, 0.1) is 0 Å². The average molecular weight is 168 g/mol. The SMILES string of the molecule is Nc1cc([C@H](N)CO)cc(N)n1. The largest absolute Gasteiger partial charge is 0.394 e. The van der Waals surface area contributed by atoms with Crippen LogP contribution in [0.25, 0.3) is 0 Å². The van der Waals surface area contributed by atoms with Crippen LogP contribution in [0.2, 0.25) is 0 Å². The fraction of sp³-hybridized carbons (Fsp3) is 0.286.